The van der Waals surface area contributed by atoms with Crippen LogP contribution in [0.15, 0.2) is 59.7 Å². The third kappa shape index (κ3) is 4.73. The number of nitrogens with one attached hydrogen (secondary N) is 3. The van der Waals surface area contributed by atoms with Gasteiger partial charge in [-0.25, -0.2) is 4.99 Å². The summed E-state index contributed by atoms with van der Waals surface area (Å²) in [5.74, 6) is 0.717. The number of fused-ring (bicyclic) bond motifs is 1. The fraction of sp³-hybridized carbons (Fsp3) is 0.348. The molecule has 0 saturated heterocycles. The van der Waals surface area contributed by atoms with Crippen LogP contribution in [0.1, 0.15) is 30.5 Å². The maximum atomic E-state index is 10.8. The van der Waals surface area contributed by atoms with Crippen LogP contribution in [0.3, 0.4) is 0 Å². The summed E-state index contributed by atoms with van der Waals surface area (Å²) in [6.07, 6.45) is 2.98. The summed E-state index contributed by atoms with van der Waals surface area (Å²) in [5.41, 5.74) is 3.62. The van der Waals surface area contributed by atoms with E-state index in [2.05, 4.69) is 51.9 Å². The summed E-state index contributed by atoms with van der Waals surface area (Å²) in [6.45, 7) is 7.78. The number of para-hydroxylation sites is 1. The van der Waals surface area contributed by atoms with Gasteiger partial charge in [-0.1, -0.05) is 48.5 Å². The Morgan fingerprint density at radius 2 is 1.89 bits per heavy atom. The summed E-state index contributed by atoms with van der Waals surface area (Å²) in [6, 6.07) is 16.0. The Hall–Kier alpha value is -2.79. The molecule has 0 radical (unpaired) electrons. The standard InChI is InChI=1S/C23H30N4O/c1-4-24-22(27-16-23(3,28)19-10-6-5-7-11-19)25-14-13-18-15-26-21-17(2)9-8-12-20(18)21/h5-12,15,26,28H,4,13-14,16H2,1-3H3,(H2,24,25,27). The van der Waals surface area contributed by atoms with Crippen LogP contribution in [-0.2, 0) is 12.0 Å². The number of hydrogen-bond donors (Lipinski definition) is 4. The van der Waals surface area contributed by atoms with Gasteiger partial charge in [-0.3, -0.25) is 0 Å². The largest absolute Gasteiger partial charge is 0.384 e. The number of rotatable bonds is 7. The first-order chi connectivity index (χ1) is 13.5. The summed E-state index contributed by atoms with van der Waals surface area (Å²) in [4.78, 5) is 7.97. The van der Waals surface area contributed by atoms with E-state index in [9.17, 15) is 5.11 Å². The fourth-order valence-corrected chi connectivity index (χ4v) is 3.35. The van der Waals surface area contributed by atoms with Gasteiger partial charge >= 0.3 is 0 Å². The van der Waals surface area contributed by atoms with Gasteiger partial charge in [0.15, 0.2) is 5.96 Å². The van der Waals surface area contributed by atoms with Crippen molar-refractivity contribution in [2.24, 2.45) is 4.99 Å². The number of aromatic amines is 1. The fourth-order valence-electron chi connectivity index (χ4n) is 3.35. The molecule has 0 aliphatic carbocycles. The van der Waals surface area contributed by atoms with Crippen molar-refractivity contribution in [2.45, 2.75) is 32.8 Å². The van der Waals surface area contributed by atoms with E-state index >= 15 is 0 Å². The molecule has 0 fully saturated rings. The van der Waals surface area contributed by atoms with E-state index in [-0.39, 0.29) is 0 Å². The van der Waals surface area contributed by atoms with Crippen molar-refractivity contribution in [3.8, 4) is 0 Å². The molecule has 0 aliphatic rings. The average molecular weight is 379 g/mol. The number of nitrogens with zero attached hydrogens (tertiary/aromatic N) is 1. The average Bonchev–Trinajstić information content (AvgIpc) is 3.11. The summed E-state index contributed by atoms with van der Waals surface area (Å²) >= 11 is 0. The molecule has 1 aromatic heterocycles. The second kappa shape index (κ2) is 8.93. The van der Waals surface area contributed by atoms with E-state index < -0.39 is 5.60 Å². The topological polar surface area (TPSA) is 72.4 Å². The number of guanidine groups is 1. The quantitative estimate of drug-likeness (QED) is 0.376. The first-order valence-electron chi connectivity index (χ1n) is 9.87. The molecule has 0 spiro atoms. The first-order valence-corrected chi connectivity index (χ1v) is 9.87. The van der Waals surface area contributed by atoms with E-state index in [0.717, 1.165) is 31.0 Å². The Balaban J connectivity index is 1.62. The summed E-state index contributed by atoms with van der Waals surface area (Å²) in [7, 11) is 0. The van der Waals surface area contributed by atoms with Crippen molar-refractivity contribution in [3.63, 3.8) is 0 Å². The second-order valence-electron chi connectivity index (χ2n) is 7.32. The highest BCUT2D eigenvalue weighted by molar-refractivity contribution is 5.86. The van der Waals surface area contributed by atoms with Crippen LogP contribution < -0.4 is 10.6 Å². The van der Waals surface area contributed by atoms with E-state index in [4.69, 9.17) is 0 Å². The van der Waals surface area contributed by atoms with E-state index in [1.54, 1.807) is 6.92 Å². The predicted octanol–water partition coefficient (Wildman–Crippen LogP) is 3.48. The smallest absolute Gasteiger partial charge is 0.191 e. The molecule has 1 unspecified atom stereocenters. The number of aliphatic imine (C=N–C) groups is 1. The zero-order valence-corrected chi connectivity index (χ0v) is 16.9. The lowest BCUT2D eigenvalue weighted by atomic mass is 9.96. The highest BCUT2D eigenvalue weighted by Crippen LogP contribution is 2.22. The third-order valence-corrected chi connectivity index (χ3v) is 4.98. The van der Waals surface area contributed by atoms with Crippen molar-refractivity contribution >= 4 is 16.9 Å². The SMILES string of the molecule is CCNC(=NCC(C)(O)c1ccccc1)NCCc1c[nH]c2c(C)cccc12. The normalized spacial score (nSPS) is 14.1. The zero-order chi connectivity index (χ0) is 20.0. The molecule has 0 amide bonds. The van der Waals surface area contributed by atoms with Crippen molar-refractivity contribution in [1.29, 1.82) is 0 Å². The molecule has 148 valence electrons. The van der Waals surface area contributed by atoms with E-state index in [1.807, 2.05) is 37.3 Å². The lowest BCUT2D eigenvalue weighted by molar-refractivity contribution is 0.0672. The second-order valence-corrected chi connectivity index (χ2v) is 7.32. The maximum absolute atomic E-state index is 10.8. The van der Waals surface area contributed by atoms with Gasteiger partial charge in [0.25, 0.3) is 0 Å². The molecule has 3 aromatic rings. The number of aryl methyl sites for hydroxylation is 1. The molecular formula is C23H30N4O. The molecule has 5 heteroatoms. The van der Waals surface area contributed by atoms with Gasteiger partial charge in [-0.15, -0.1) is 0 Å². The summed E-state index contributed by atoms with van der Waals surface area (Å²) in [5, 5.41) is 18.7. The number of aliphatic hydroxyl groups is 1. The van der Waals surface area contributed by atoms with Crippen molar-refractivity contribution < 1.29 is 5.11 Å². The minimum Gasteiger partial charge on any atom is -0.384 e. The van der Waals surface area contributed by atoms with Crippen LogP contribution in [0.25, 0.3) is 10.9 Å². The number of H-pyrrole nitrogens is 1. The molecule has 3 rings (SSSR count). The highest BCUT2D eigenvalue weighted by Gasteiger charge is 2.22. The monoisotopic (exact) mass is 378 g/mol. The van der Waals surface area contributed by atoms with Crippen molar-refractivity contribution in [1.82, 2.24) is 15.6 Å². The molecule has 5 nitrogen and oxygen atoms in total. The van der Waals surface area contributed by atoms with Crippen LogP contribution in [0.2, 0.25) is 0 Å². The zero-order valence-electron chi connectivity index (χ0n) is 16.9. The first kappa shape index (κ1) is 20.0. The molecule has 1 atom stereocenters. The molecule has 1 heterocycles. The number of aromatic nitrogens is 1. The van der Waals surface area contributed by atoms with Crippen LogP contribution in [0.4, 0.5) is 0 Å². The van der Waals surface area contributed by atoms with Gasteiger partial charge in [0.05, 0.1) is 6.54 Å². The molecule has 2 aromatic carbocycles. The van der Waals surface area contributed by atoms with Gasteiger partial charge in [0.2, 0.25) is 0 Å². The Morgan fingerprint density at radius 1 is 1.11 bits per heavy atom. The number of hydrogen-bond acceptors (Lipinski definition) is 2. The van der Waals surface area contributed by atoms with E-state index in [0.29, 0.717) is 6.54 Å². The van der Waals surface area contributed by atoms with Gasteiger partial charge in [-0.05, 0) is 43.9 Å². The molecule has 28 heavy (non-hydrogen) atoms. The van der Waals surface area contributed by atoms with Gasteiger partial charge in [-0.2, -0.15) is 0 Å². The third-order valence-electron chi connectivity index (χ3n) is 4.98. The Morgan fingerprint density at radius 3 is 2.64 bits per heavy atom. The predicted molar refractivity (Wildman–Crippen MR) is 117 cm³/mol. The molecule has 0 aliphatic heterocycles. The Kier molecular flexibility index (Phi) is 6.37. The molecule has 0 bridgehead atoms. The minimum absolute atomic E-state index is 0.290. The maximum Gasteiger partial charge on any atom is 0.191 e. The van der Waals surface area contributed by atoms with Crippen LogP contribution in [0, 0.1) is 6.92 Å². The van der Waals surface area contributed by atoms with Crippen LogP contribution in [0.5, 0.6) is 0 Å². The molecule has 0 saturated carbocycles. The number of benzene rings is 2. The summed E-state index contributed by atoms with van der Waals surface area (Å²) < 4.78 is 0. The minimum atomic E-state index is -1.00. The Labute approximate surface area is 166 Å². The van der Waals surface area contributed by atoms with E-state index in [1.165, 1.54) is 22.0 Å². The lowest BCUT2D eigenvalue weighted by Gasteiger charge is -2.22. The van der Waals surface area contributed by atoms with Crippen LogP contribution >= 0.6 is 0 Å². The van der Waals surface area contributed by atoms with Crippen LogP contribution in [-0.4, -0.2) is 35.7 Å². The van der Waals surface area contributed by atoms with Gasteiger partial charge in [0, 0.05) is 30.2 Å². The van der Waals surface area contributed by atoms with Crippen molar-refractivity contribution in [3.05, 3.63) is 71.4 Å². The van der Waals surface area contributed by atoms with Gasteiger partial charge in [0.1, 0.15) is 5.60 Å². The van der Waals surface area contributed by atoms with Crippen molar-refractivity contribution in [2.75, 3.05) is 19.6 Å². The Bertz CT molecular complexity index is 928. The lowest BCUT2D eigenvalue weighted by Crippen LogP contribution is -2.39. The van der Waals surface area contributed by atoms with Gasteiger partial charge < -0.3 is 20.7 Å². The molecule has 4 N–H and O–H groups in total. The molecular weight excluding hydrogens is 348 g/mol. The highest BCUT2D eigenvalue weighted by atomic mass is 16.3.